The molecule has 0 aliphatic carbocycles. The third-order valence-electron chi connectivity index (χ3n) is 4.75. The Morgan fingerprint density at radius 2 is 1.74 bits per heavy atom. The van der Waals surface area contributed by atoms with Crippen LogP contribution in [0, 0.1) is 11.8 Å². The highest BCUT2D eigenvalue weighted by atomic mass is 16.5. The summed E-state index contributed by atoms with van der Waals surface area (Å²) in [5.41, 5.74) is -0.961. The molecular weight excluding hydrogens is 350 g/mol. The van der Waals surface area contributed by atoms with Gasteiger partial charge in [-0.1, -0.05) is 26.0 Å². The average Bonchev–Trinajstić information content (AvgIpc) is 2.63. The Bertz CT molecular complexity index is 967. The third-order valence-corrected chi connectivity index (χ3v) is 4.75. The quantitative estimate of drug-likeness (QED) is 0.797. The van der Waals surface area contributed by atoms with Gasteiger partial charge >= 0.3 is 5.97 Å². The highest BCUT2D eigenvalue weighted by molar-refractivity contribution is 5.82. The highest BCUT2D eigenvalue weighted by Gasteiger charge is 2.26. The number of benzene rings is 1. The third kappa shape index (κ3) is 4.27. The van der Waals surface area contributed by atoms with E-state index in [2.05, 4.69) is 18.9 Å². The van der Waals surface area contributed by atoms with Crippen LogP contribution < -0.4 is 11.1 Å². The van der Waals surface area contributed by atoms with E-state index in [9.17, 15) is 19.2 Å². The van der Waals surface area contributed by atoms with Gasteiger partial charge < -0.3 is 9.64 Å². The van der Waals surface area contributed by atoms with Crippen molar-refractivity contribution in [3.63, 3.8) is 0 Å². The molecule has 1 N–H and O–H groups in total. The Morgan fingerprint density at radius 1 is 1.11 bits per heavy atom. The van der Waals surface area contributed by atoms with Crippen molar-refractivity contribution < 1.29 is 14.3 Å². The molecule has 0 radical (unpaired) electrons. The molecule has 0 saturated carbocycles. The first-order chi connectivity index (χ1) is 12.8. The second-order valence-electron chi connectivity index (χ2n) is 7.28. The Hall–Kier alpha value is -2.90. The second kappa shape index (κ2) is 7.77. The van der Waals surface area contributed by atoms with Gasteiger partial charge in [0.25, 0.3) is 17.0 Å². The molecule has 1 aliphatic rings. The van der Waals surface area contributed by atoms with E-state index in [-0.39, 0.29) is 23.3 Å². The van der Waals surface area contributed by atoms with Crippen LogP contribution in [0.25, 0.3) is 10.8 Å². The van der Waals surface area contributed by atoms with Gasteiger partial charge in [-0.05, 0) is 30.4 Å². The molecule has 27 heavy (non-hydrogen) atoms. The Kier molecular flexibility index (Phi) is 5.43. The van der Waals surface area contributed by atoms with Crippen molar-refractivity contribution in [2.45, 2.75) is 26.8 Å². The molecule has 1 saturated heterocycles. The van der Waals surface area contributed by atoms with E-state index in [1.165, 1.54) is 12.1 Å². The summed E-state index contributed by atoms with van der Waals surface area (Å²) in [6.45, 7) is 4.65. The lowest BCUT2D eigenvalue weighted by atomic mass is 9.92. The van der Waals surface area contributed by atoms with Crippen molar-refractivity contribution in [3.05, 3.63) is 45.0 Å². The number of piperidine rings is 1. The second-order valence-corrected chi connectivity index (χ2v) is 7.28. The first-order valence-corrected chi connectivity index (χ1v) is 9.00. The Balaban J connectivity index is 1.64. The normalized spacial score (nSPS) is 19.9. The summed E-state index contributed by atoms with van der Waals surface area (Å²) in [5.74, 6) is -0.181. The molecule has 2 atom stereocenters. The van der Waals surface area contributed by atoms with Crippen molar-refractivity contribution >= 4 is 22.6 Å². The highest BCUT2D eigenvalue weighted by Crippen LogP contribution is 2.20. The van der Waals surface area contributed by atoms with Gasteiger partial charge in [0.15, 0.2) is 6.61 Å². The summed E-state index contributed by atoms with van der Waals surface area (Å²) >= 11 is 0. The molecule has 1 aromatic heterocycles. The van der Waals surface area contributed by atoms with Crippen molar-refractivity contribution in [1.82, 2.24) is 14.7 Å². The minimum absolute atomic E-state index is 0.224. The number of carbonyl (C=O) groups is 2. The monoisotopic (exact) mass is 373 g/mol. The van der Waals surface area contributed by atoms with Gasteiger partial charge in [0.05, 0.1) is 10.8 Å². The zero-order valence-electron chi connectivity index (χ0n) is 15.4. The fourth-order valence-corrected chi connectivity index (χ4v) is 3.63. The van der Waals surface area contributed by atoms with Crippen LogP contribution in [0.5, 0.6) is 0 Å². The van der Waals surface area contributed by atoms with Crippen LogP contribution in [0.15, 0.2) is 33.9 Å². The first kappa shape index (κ1) is 18.9. The number of hydrogen-bond donors (Lipinski definition) is 1. The number of hydrogen-bond acceptors (Lipinski definition) is 5. The number of H-pyrrole nitrogens is 1. The molecule has 1 fully saturated rings. The predicted molar refractivity (Wildman–Crippen MR) is 99.3 cm³/mol. The Labute approximate surface area is 155 Å². The number of aromatic nitrogens is 2. The van der Waals surface area contributed by atoms with Crippen LogP contribution >= 0.6 is 0 Å². The van der Waals surface area contributed by atoms with E-state index >= 15 is 0 Å². The summed E-state index contributed by atoms with van der Waals surface area (Å²) in [7, 11) is 0. The Morgan fingerprint density at radius 3 is 2.41 bits per heavy atom. The summed E-state index contributed by atoms with van der Waals surface area (Å²) in [6, 6.07) is 6.36. The number of aromatic amines is 1. The topological polar surface area (TPSA) is 101 Å². The maximum atomic E-state index is 12.4. The molecule has 2 aromatic rings. The fourth-order valence-electron chi connectivity index (χ4n) is 3.63. The van der Waals surface area contributed by atoms with E-state index in [0.29, 0.717) is 24.9 Å². The van der Waals surface area contributed by atoms with Crippen LogP contribution in [-0.2, 0) is 20.9 Å². The van der Waals surface area contributed by atoms with Crippen LogP contribution in [0.4, 0.5) is 0 Å². The zero-order chi connectivity index (χ0) is 19.6. The van der Waals surface area contributed by atoms with Gasteiger partial charge in [0, 0.05) is 13.1 Å². The van der Waals surface area contributed by atoms with Crippen LogP contribution in [0.3, 0.4) is 0 Å². The number of rotatable bonds is 4. The van der Waals surface area contributed by atoms with Gasteiger partial charge in [0.1, 0.15) is 6.54 Å². The number of ether oxygens (including phenoxy) is 1. The zero-order valence-corrected chi connectivity index (χ0v) is 15.4. The minimum atomic E-state index is -0.755. The number of nitrogens with one attached hydrogen (secondary N) is 1. The van der Waals surface area contributed by atoms with Gasteiger partial charge in [-0.25, -0.2) is 4.68 Å². The molecule has 2 heterocycles. The average molecular weight is 373 g/mol. The standard InChI is InChI=1S/C19H23N3O5/c1-12-7-13(2)9-21(8-12)16(23)11-27-17(24)10-22-19(26)15-6-4-3-5-14(15)18(25)20-22/h3-6,12-13H,7-11H2,1-2H3,(H,20,25)/t12-,13-/m0/s1. The molecular formula is C19H23N3O5. The maximum Gasteiger partial charge on any atom is 0.328 e. The molecule has 3 rings (SSSR count). The van der Waals surface area contributed by atoms with Gasteiger partial charge in [-0.15, -0.1) is 0 Å². The van der Waals surface area contributed by atoms with E-state index in [1.54, 1.807) is 17.0 Å². The molecule has 1 amide bonds. The molecule has 0 bridgehead atoms. The van der Waals surface area contributed by atoms with Crippen molar-refractivity contribution in [2.75, 3.05) is 19.7 Å². The van der Waals surface area contributed by atoms with Crippen LogP contribution in [0.2, 0.25) is 0 Å². The number of fused-ring (bicyclic) bond motifs is 1. The fraction of sp³-hybridized carbons (Fsp3) is 0.474. The first-order valence-electron chi connectivity index (χ1n) is 9.00. The lowest BCUT2D eigenvalue weighted by Gasteiger charge is -2.34. The number of nitrogens with zero attached hydrogens (tertiary/aromatic N) is 2. The largest absolute Gasteiger partial charge is 0.454 e. The number of likely N-dealkylation sites (tertiary alicyclic amines) is 1. The smallest absolute Gasteiger partial charge is 0.328 e. The number of carbonyl (C=O) groups excluding carboxylic acids is 2. The van der Waals surface area contributed by atoms with Crippen LogP contribution in [0.1, 0.15) is 20.3 Å². The van der Waals surface area contributed by atoms with Crippen LogP contribution in [-0.4, -0.2) is 46.3 Å². The van der Waals surface area contributed by atoms with Crippen molar-refractivity contribution in [2.24, 2.45) is 11.8 Å². The van der Waals surface area contributed by atoms with Gasteiger partial charge in [-0.3, -0.25) is 24.3 Å². The lowest BCUT2D eigenvalue weighted by Crippen LogP contribution is -2.44. The van der Waals surface area contributed by atoms with E-state index < -0.39 is 23.6 Å². The van der Waals surface area contributed by atoms with Crippen molar-refractivity contribution in [3.8, 4) is 0 Å². The van der Waals surface area contributed by atoms with E-state index in [0.717, 1.165) is 11.1 Å². The molecule has 0 spiro atoms. The summed E-state index contributed by atoms with van der Waals surface area (Å²) in [5, 5.41) is 2.85. The summed E-state index contributed by atoms with van der Waals surface area (Å²) in [6.07, 6.45) is 1.07. The molecule has 0 unspecified atom stereocenters. The van der Waals surface area contributed by atoms with Gasteiger partial charge in [0.2, 0.25) is 0 Å². The predicted octanol–water partition coefficient (Wildman–Crippen LogP) is 0.737. The summed E-state index contributed by atoms with van der Waals surface area (Å²) < 4.78 is 5.93. The molecule has 8 nitrogen and oxygen atoms in total. The maximum absolute atomic E-state index is 12.4. The number of amides is 1. The van der Waals surface area contributed by atoms with E-state index in [1.807, 2.05) is 0 Å². The molecule has 144 valence electrons. The van der Waals surface area contributed by atoms with E-state index in [4.69, 9.17) is 4.74 Å². The van der Waals surface area contributed by atoms with Crippen molar-refractivity contribution in [1.29, 1.82) is 0 Å². The molecule has 1 aromatic carbocycles. The number of esters is 1. The van der Waals surface area contributed by atoms with Gasteiger partial charge in [-0.2, -0.15) is 0 Å². The lowest BCUT2D eigenvalue weighted by molar-refractivity contribution is -0.153. The molecule has 8 heteroatoms. The molecule has 1 aliphatic heterocycles. The minimum Gasteiger partial charge on any atom is -0.454 e. The SMILES string of the molecule is C[C@H]1C[C@H](C)CN(C(=O)COC(=O)Cn2[nH]c(=O)c3ccccc3c2=O)C1. The summed E-state index contributed by atoms with van der Waals surface area (Å²) in [4.78, 5) is 50.4.